The molecule has 0 radical (unpaired) electrons. The Morgan fingerprint density at radius 2 is 2.24 bits per heavy atom. The highest BCUT2D eigenvalue weighted by Gasteiger charge is 2.33. The van der Waals surface area contributed by atoms with Crippen molar-refractivity contribution in [1.29, 1.82) is 0 Å². The Labute approximate surface area is 131 Å². The average molecular weight is 357 g/mol. The van der Waals surface area contributed by atoms with E-state index in [0.717, 1.165) is 15.8 Å². The molecule has 1 amide bonds. The zero-order valence-corrected chi connectivity index (χ0v) is 13.5. The molecule has 0 atom stereocenters. The van der Waals surface area contributed by atoms with E-state index in [1.807, 2.05) is 18.2 Å². The van der Waals surface area contributed by atoms with Crippen LogP contribution in [-0.2, 0) is 14.3 Å². The molecule has 0 saturated carbocycles. The first-order valence-electron chi connectivity index (χ1n) is 6.46. The van der Waals surface area contributed by atoms with Crippen molar-refractivity contribution < 1.29 is 19.0 Å². The zero-order chi connectivity index (χ0) is 15.3. The van der Waals surface area contributed by atoms with Gasteiger partial charge in [-0.1, -0.05) is 0 Å². The highest BCUT2D eigenvalue weighted by Crippen LogP contribution is 2.25. The van der Waals surface area contributed by atoms with Gasteiger partial charge in [0.15, 0.2) is 5.79 Å². The minimum absolute atomic E-state index is 0.108. The van der Waals surface area contributed by atoms with Crippen molar-refractivity contribution in [1.82, 2.24) is 5.43 Å². The summed E-state index contributed by atoms with van der Waals surface area (Å²) in [6.07, 6.45) is 1.66. The maximum atomic E-state index is 11.7. The summed E-state index contributed by atoms with van der Waals surface area (Å²) < 4.78 is 16.7. The summed E-state index contributed by atoms with van der Waals surface area (Å²) in [5, 5.41) is 3.91. The Kier molecular flexibility index (Phi) is 5.33. The summed E-state index contributed by atoms with van der Waals surface area (Å²) in [7, 11) is 1.60. The highest BCUT2D eigenvalue weighted by atomic mass is 79.9. The number of hydrogen-bond acceptors (Lipinski definition) is 5. The van der Waals surface area contributed by atoms with Gasteiger partial charge in [-0.05, 0) is 46.6 Å². The smallest absolute Gasteiger partial charge is 0.245 e. The number of hydrogen-bond donors (Lipinski definition) is 1. The first-order chi connectivity index (χ1) is 10.0. The van der Waals surface area contributed by atoms with E-state index in [9.17, 15) is 4.79 Å². The van der Waals surface area contributed by atoms with E-state index in [0.29, 0.717) is 13.2 Å². The van der Waals surface area contributed by atoms with Gasteiger partial charge in [-0.25, -0.2) is 5.43 Å². The molecule has 0 aromatic heterocycles. The van der Waals surface area contributed by atoms with E-state index in [1.165, 1.54) is 0 Å². The zero-order valence-electron chi connectivity index (χ0n) is 11.9. The molecular weight excluding hydrogens is 340 g/mol. The Morgan fingerprint density at radius 3 is 2.86 bits per heavy atom. The van der Waals surface area contributed by atoms with E-state index < -0.39 is 5.79 Å². The monoisotopic (exact) mass is 356 g/mol. The molecule has 1 heterocycles. The Bertz CT molecular complexity index is 542. The number of hydrazone groups is 1. The number of carbonyl (C=O) groups is 1. The lowest BCUT2D eigenvalue weighted by Gasteiger charge is -2.20. The number of ether oxygens (including phenoxy) is 3. The van der Waals surface area contributed by atoms with Crippen LogP contribution in [0.1, 0.15) is 18.9 Å². The third-order valence-corrected chi connectivity index (χ3v) is 3.58. The van der Waals surface area contributed by atoms with Gasteiger partial charge in [-0.3, -0.25) is 4.79 Å². The first-order valence-corrected chi connectivity index (χ1v) is 7.25. The van der Waals surface area contributed by atoms with Crippen LogP contribution >= 0.6 is 15.9 Å². The van der Waals surface area contributed by atoms with Crippen LogP contribution < -0.4 is 10.2 Å². The van der Waals surface area contributed by atoms with Gasteiger partial charge in [-0.2, -0.15) is 5.10 Å². The van der Waals surface area contributed by atoms with E-state index in [1.54, 1.807) is 20.2 Å². The molecule has 1 N–H and O–H groups in total. The van der Waals surface area contributed by atoms with Crippen LogP contribution in [-0.4, -0.2) is 38.2 Å². The number of halogens is 1. The number of rotatable bonds is 5. The molecule has 1 fully saturated rings. The molecule has 1 aromatic rings. The molecule has 21 heavy (non-hydrogen) atoms. The number of benzene rings is 1. The van der Waals surface area contributed by atoms with Crippen molar-refractivity contribution in [2.75, 3.05) is 20.3 Å². The number of nitrogens with zero attached hydrogens (tertiary/aromatic N) is 1. The molecule has 2 rings (SSSR count). The van der Waals surface area contributed by atoms with Gasteiger partial charge >= 0.3 is 0 Å². The molecular formula is C14H17BrN2O4. The Balaban J connectivity index is 1.87. The summed E-state index contributed by atoms with van der Waals surface area (Å²) in [5.74, 6) is -0.370. The van der Waals surface area contributed by atoms with Crippen molar-refractivity contribution in [2.24, 2.45) is 5.10 Å². The molecule has 0 bridgehead atoms. The molecule has 1 aliphatic heterocycles. The van der Waals surface area contributed by atoms with Gasteiger partial charge in [0.1, 0.15) is 5.75 Å². The molecule has 7 heteroatoms. The van der Waals surface area contributed by atoms with Crippen LogP contribution in [0.15, 0.2) is 27.8 Å². The van der Waals surface area contributed by atoms with Crippen molar-refractivity contribution >= 4 is 28.1 Å². The van der Waals surface area contributed by atoms with Gasteiger partial charge < -0.3 is 14.2 Å². The molecule has 1 saturated heterocycles. The number of carbonyl (C=O) groups excluding carboxylic acids is 1. The lowest BCUT2D eigenvalue weighted by atomic mass is 10.2. The van der Waals surface area contributed by atoms with Crippen molar-refractivity contribution in [3.8, 4) is 5.75 Å². The quantitative estimate of drug-likeness (QED) is 0.647. The predicted molar refractivity (Wildman–Crippen MR) is 81.4 cm³/mol. The lowest BCUT2D eigenvalue weighted by Crippen LogP contribution is -2.33. The van der Waals surface area contributed by atoms with Gasteiger partial charge in [0.25, 0.3) is 0 Å². The average Bonchev–Trinajstić information content (AvgIpc) is 2.85. The third kappa shape index (κ3) is 4.52. The molecule has 114 valence electrons. The van der Waals surface area contributed by atoms with E-state index in [2.05, 4.69) is 26.5 Å². The normalized spacial score (nSPS) is 17.1. The molecule has 0 spiro atoms. The third-order valence-electron chi connectivity index (χ3n) is 2.96. The Morgan fingerprint density at radius 1 is 1.52 bits per heavy atom. The van der Waals surface area contributed by atoms with Crippen LogP contribution in [0.3, 0.4) is 0 Å². The summed E-state index contributed by atoms with van der Waals surface area (Å²) in [6.45, 7) is 2.75. The topological polar surface area (TPSA) is 69.2 Å². The highest BCUT2D eigenvalue weighted by molar-refractivity contribution is 9.10. The van der Waals surface area contributed by atoms with E-state index in [4.69, 9.17) is 14.2 Å². The molecule has 0 unspecified atom stereocenters. The minimum atomic E-state index is -0.844. The van der Waals surface area contributed by atoms with Crippen molar-refractivity contribution in [2.45, 2.75) is 19.1 Å². The maximum Gasteiger partial charge on any atom is 0.245 e. The van der Waals surface area contributed by atoms with Gasteiger partial charge in [0.2, 0.25) is 5.91 Å². The summed E-state index contributed by atoms with van der Waals surface area (Å²) in [4.78, 5) is 11.7. The second-order valence-electron chi connectivity index (χ2n) is 4.69. The van der Waals surface area contributed by atoms with Gasteiger partial charge in [-0.15, -0.1) is 0 Å². The number of nitrogens with one attached hydrogen (secondary N) is 1. The predicted octanol–water partition coefficient (Wildman–Crippen LogP) is 2.06. The van der Waals surface area contributed by atoms with E-state index in [-0.39, 0.29) is 12.3 Å². The fraction of sp³-hybridized carbons (Fsp3) is 0.429. The van der Waals surface area contributed by atoms with Crippen LogP contribution in [0.4, 0.5) is 0 Å². The van der Waals surface area contributed by atoms with Gasteiger partial charge in [0, 0.05) is 0 Å². The van der Waals surface area contributed by atoms with Crippen molar-refractivity contribution in [3.63, 3.8) is 0 Å². The van der Waals surface area contributed by atoms with Crippen LogP contribution in [0.2, 0.25) is 0 Å². The molecule has 1 aromatic carbocycles. The summed E-state index contributed by atoms with van der Waals surface area (Å²) >= 11 is 3.39. The SMILES string of the molecule is COc1ccc(/C=N/NC(=O)CC2(C)OCCO2)cc1Br. The Hall–Kier alpha value is -1.44. The standard InChI is InChI=1S/C14H17BrN2O4/c1-14(20-5-6-21-14)8-13(18)17-16-9-10-3-4-12(19-2)11(15)7-10/h3-4,7,9H,5-6,8H2,1-2H3,(H,17,18)/b16-9+. The number of amides is 1. The lowest BCUT2D eigenvalue weighted by molar-refractivity contribution is -0.159. The maximum absolute atomic E-state index is 11.7. The summed E-state index contributed by atoms with van der Waals surface area (Å²) in [5.41, 5.74) is 3.29. The fourth-order valence-corrected chi connectivity index (χ4v) is 2.49. The summed E-state index contributed by atoms with van der Waals surface area (Å²) in [6, 6.07) is 5.50. The first kappa shape index (κ1) is 15.9. The van der Waals surface area contributed by atoms with Crippen LogP contribution in [0.5, 0.6) is 5.75 Å². The van der Waals surface area contributed by atoms with E-state index >= 15 is 0 Å². The van der Waals surface area contributed by atoms with Crippen LogP contribution in [0.25, 0.3) is 0 Å². The molecule has 0 aliphatic carbocycles. The molecule has 6 nitrogen and oxygen atoms in total. The molecule has 1 aliphatic rings. The van der Waals surface area contributed by atoms with Crippen molar-refractivity contribution in [3.05, 3.63) is 28.2 Å². The largest absolute Gasteiger partial charge is 0.496 e. The van der Waals surface area contributed by atoms with Gasteiger partial charge in [0.05, 0.1) is 37.4 Å². The number of methoxy groups -OCH3 is 1. The second-order valence-corrected chi connectivity index (χ2v) is 5.55. The van der Waals surface area contributed by atoms with Crippen LogP contribution in [0, 0.1) is 0 Å². The second kappa shape index (κ2) is 7.02. The fourth-order valence-electron chi connectivity index (χ4n) is 1.93. The minimum Gasteiger partial charge on any atom is -0.496 e.